The minimum atomic E-state index is -0.696. The lowest BCUT2D eigenvalue weighted by molar-refractivity contribution is -0.148. The molecule has 1 aromatic carbocycles. The molecule has 114 valence electrons. The topological polar surface area (TPSA) is 60.8 Å². The van der Waals surface area contributed by atoms with Crippen LogP contribution in [-0.2, 0) is 11.3 Å². The number of phenols is 1. The molecule has 2 fully saturated rings. The molecule has 0 bridgehead atoms. The van der Waals surface area contributed by atoms with E-state index in [-0.39, 0.29) is 11.8 Å². The Balaban J connectivity index is 1.81. The summed E-state index contributed by atoms with van der Waals surface area (Å²) in [6.45, 7) is 0.665. The number of phenolic OH excluding ortho intramolecular Hbond substituents is 1. The molecule has 0 spiro atoms. The Morgan fingerprint density at radius 1 is 1.10 bits per heavy atom. The first-order valence-electron chi connectivity index (χ1n) is 7.91. The van der Waals surface area contributed by atoms with Crippen molar-refractivity contribution >= 4 is 5.97 Å². The summed E-state index contributed by atoms with van der Waals surface area (Å²) in [7, 11) is 0. The molecule has 1 heterocycles. The van der Waals surface area contributed by atoms with Gasteiger partial charge in [-0.05, 0) is 49.3 Å². The number of hydrogen-bond acceptors (Lipinski definition) is 3. The third kappa shape index (κ3) is 3.05. The molecule has 1 saturated carbocycles. The van der Waals surface area contributed by atoms with Crippen LogP contribution < -0.4 is 0 Å². The van der Waals surface area contributed by atoms with Gasteiger partial charge in [0.2, 0.25) is 0 Å². The summed E-state index contributed by atoms with van der Waals surface area (Å²) >= 11 is 0. The van der Waals surface area contributed by atoms with Crippen molar-refractivity contribution in [2.75, 3.05) is 0 Å². The van der Waals surface area contributed by atoms with Crippen LogP contribution in [0.15, 0.2) is 24.3 Å². The Bertz CT molecular complexity index is 499. The first kappa shape index (κ1) is 14.4. The third-order valence-electron chi connectivity index (χ3n) is 5.09. The van der Waals surface area contributed by atoms with Gasteiger partial charge in [-0.1, -0.05) is 25.0 Å². The van der Waals surface area contributed by atoms with Gasteiger partial charge in [0.05, 0.1) is 0 Å². The molecule has 3 rings (SSSR count). The lowest BCUT2D eigenvalue weighted by Gasteiger charge is -2.47. The number of carbonyl (C=O) groups is 1. The fourth-order valence-electron chi connectivity index (χ4n) is 4.04. The number of carboxylic acid groups (broad SMARTS) is 1. The van der Waals surface area contributed by atoms with Crippen molar-refractivity contribution in [2.24, 2.45) is 5.92 Å². The highest BCUT2D eigenvalue weighted by molar-refractivity contribution is 5.73. The van der Waals surface area contributed by atoms with E-state index in [0.717, 1.165) is 24.8 Å². The van der Waals surface area contributed by atoms with E-state index in [1.807, 2.05) is 12.1 Å². The lowest BCUT2D eigenvalue weighted by atomic mass is 9.76. The van der Waals surface area contributed by atoms with Gasteiger partial charge in [0, 0.05) is 12.6 Å². The second kappa shape index (κ2) is 6.06. The van der Waals surface area contributed by atoms with Crippen LogP contribution in [0.5, 0.6) is 5.75 Å². The molecule has 0 amide bonds. The molecular formula is C17H23NO3. The van der Waals surface area contributed by atoms with Crippen LogP contribution in [0.4, 0.5) is 0 Å². The maximum Gasteiger partial charge on any atom is 0.320 e. The fraction of sp³-hybridized carbons (Fsp3) is 0.588. The van der Waals surface area contributed by atoms with E-state index in [2.05, 4.69) is 4.90 Å². The van der Waals surface area contributed by atoms with E-state index in [9.17, 15) is 15.0 Å². The highest BCUT2D eigenvalue weighted by Crippen LogP contribution is 2.38. The molecule has 3 unspecified atom stereocenters. The fourth-order valence-corrected chi connectivity index (χ4v) is 4.04. The zero-order valence-electron chi connectivity index (χ0n) is 12.2. The van der Waals surface area contributed by atoms with Crippen LogP contribution in [0, 0.1) is 5.92 Å². The summed E-state index contributed by atoms with van der Waals surface area (Å²) in [5.74, 6) is 0.215. The molecule has 0 radical (unpaired) electrons. The zero-order valence-corrected chi connectivity index (χ0v) is 12.2. The Hall–Kier alpha value is -1.55. The highest BCUT2D eigenvalue weighted by Gasteiger charge is 2.41. The molecule has 4 nitrogen and oxygen atoms in total. The number of piperidine rings is 1. The van der Waals surface area contributed by atoms with Gasteiger partial charge >= 0.3 is 5.97 Å². The quantitative estimate of drug-likeness (QED) is 0.898. The van der Waals surface area contributed by atoms with Gasteiger partial charge in [-0.15, -0.1) is 0 Å². The predicted molar refractivity (Wildman–Crippen MR) is 80.1 cm³/mol. The molecule has 2 aliphatic rings. The largest absolute Gasteiger partial charge is 0.508 e. The van der Waals surface area contributed by atoms with Crippen LogP contribution in [0.1, 0.15) is 44.1 Å². The summed E-state index contributed by atoms with van der Waals surface area (Å²) < 4.78 is 0. The maximum absolute atomic E-state index is 11.6. The molecular weight excluding hydrogens is 266 g/mol. The normalized spacial score (nSPS) is 29.8. The molecule has 21 heavy (non-hydrogen) atoms. The lowest BCUT2D eigenvalue weighted by Crippen LogP contribution is -2.54. The predicted octanol–water partition coefficient (Wildman–Crippen LogP) is 3.00. The van der Waals surface area contributed by atoms with E-state index in [1.165, 1.54) is 19.3 Å². The number of fused-ring (bicyclic) bond motifs is 1. The molecule has 1 saturated heterocycles. The van der Waals surface area contributed by atoms with Crippen molar-refractivity contribution in [3.05, 3.63) is 29.8 Å². The zero-order chi connectivity index (χ0) is 14.8. The van der Waals surface area contributed by atoms with Crippen LogP contribution in [-0.4, -0.2) is 33.2 Å². The molecule has 1 aliphatic carbocycles. The van der Waals surface area contributed by atoms with Gasteiger partial charge in [0.1, 0.15) is 11.8 Å². The summed E-state index contributed by atoms with van der Waals surface area (Å²) in [6, 6.07) is 7.17. The van der Waals surface area contributed by atoms with Crippen molar-refractivity contribution in [2.45, 2.75) is 57.2 Å². The van der Waals surface area contributed by atoms with Crippen molar-refractivity contribution in [1.82, 2.24) is 4.90 Å². The van der Waals surface area contributed by atoms with Crippen molar-refractivity contribution in [1.29, 1.82) is 0 Å². The number of rotatable bonds is 3. The molecule has 1 aromatic rings. The number of aromatic hydroxyl groups is 1. The third-order valence-corrected chi connectivity index (χ3v) is 5.09. The standard InChI is InChI=1S/C17H23NO3/c19-14-8-5-12(6-9-14)11-18-15-4-2-1-3-13(15)7-10-16(18)17(20)21/h5-6,8-9,13,15-16,19H,1-4,7,10-11H2,(H,20,21). The van der Waals surface area contributed by atoms with Crippen LogP contribution >= 0.6 is 0 Å². The second-order valence-corrected chi connectivity index (χ2v) is 6.38. The monoisotopic (exact) mass is 289 g/mol. The first-order chi connectivity index (χ1) is 10.1. The molecule has 4 heteroatoms. The summed E-state index contributed by atoms with van der Waals surface area (Å²) in [6.07, 6.45) is 6.66. The van der Waals surface area contributed by atoms with Gasteiger partial charge in [-0.2, -0.15) is 0 Å². The minimum Gasteiger partial charge on any atom is -0.508 e. The van der Waals surface area contributed by atoms with E-state index in [4.69, 9.17) is 0 Å². The van der Waals surface area contributed by atoms with Gasteiger partial charge in [-0.25, -0.2) is 0 Å². The molecule has 0 aromatic heterocycles. The SMILES string of the molecule is O=C(O)C1CCC2CCCCC2N1Cc1ccc(O)cc1. The van der Waals surface area contributed by atoms with Gasteiger partial charge < -0.3 is 10.2 Å². The van der Waals surface area contributed by atoms with Crippen molar-refractivity contribution in [3.63, 3.8) is 0 Å². The Morgan fingerprint density at radius 3 is 2.52 bits per heavy atom. The summed E-state index contributed by atoms with van der Waals surface area (Å²) in [5.41, 5.74) is 1.07. The van der Waals surface area contributed by atoms with Gasteiger partial charge in [0.15, 0.2) is 0 Å². The average molecular weight is 289 g/mol. The Morgan fingerprint density at radius 2 is 1.81 bits per heavy atom. The number of aliphatic carboxylic acids is 1. The van der Waals surface area contributed by atoms with Gasteiger partial charge in [-0.3, -0.25) is 9.69 Å². The van der Waals surface area contributed by atoms with E-state index >= 15 is 0 Å². The van der Waals surface area contributed by atoms with Crippen LogP contribution in [0.2, 0.25) is 0 Å². The van der Waals surface area contributed by atoms with E-state index < -0.39 is 5.97 Å². The van der Waals surface area contributed by atoms with Crippen molar-refractivity contribution in [3.8, 4) is 5.75 Å². The molecule has 2 N–H and O–H groups in total. The first-order valence-corrected chi connectivity index (χ1v) is 7.91. The van der Waals surface area contributed by atoms with E-state index in [1.54, 1.807) is 12.1 Å². The van der Waals surface area contributed by atoms with Crippen molar-refractivity contribution < 1.29 is 15.0 Å². The summed E-state index contributed by atoms with van der Waals surface area (Å²) in [4.78, 5) is 13.8. The van der Waals surface area contributed by atoms with Crippen LogP contribution in [0.3, 0.4) is 0 Å². The number of likely N-dealkylation sites (tertiary alicyclic amines) is 1. The number of benzene rings is 1. The average Bonchev–Trinajstić information content (AvgIpc) is 2.49. The molecule has 3 atom stereocenters. The second-order valence-electron chi connectivity index (χ2n) is 6.38. The minimum absolute atomic E-state index is 0.253. The highest BCUT2D eigenvalue weighted by atomic mass is 16.4. The smallest absolute Gasteiger partial charge is 0.320 e. The van der Waals surface area contributed by atoms with E-state index in [0.29, 0.717) is 18.5 Å². The van der Waals surface area contributed by atoms with Crippen LogP contribution in [0.25, 0.3) is 0 Å². The summed E-state index contributed by atoms with van der Waals surface area (Å²) in [5, 5.41) is 18.9. The molecule has 1 aliphatic heterocycles. The number of hydrogen-bond donors (Lipinski definition) is 2. The van der Waals surface area contributed by atoms with Gasteiger partial charge in [0.25, 0.3) is 0 Å². The number of nitrogens with zero attached hydrogens (tertiary/aromatic N) is 1. The Kier molecular flexibility index (Phi) is 4.15. The maximum atomic E-state index is 11.6. The number of carboxylic acids is 1. The Labute approximate surface area is 125 Å².